The highest BCUT2D eigenvalue weighted by Gasteiger charge is 2.30. The van der Waals surface area contributed by atoms with E-state index in [1.54, 1.807) is 17.9 Å². The molecule has 9 nitrogen and oxygen atoms in total. The van der Waals surface area contributed by atoms with Crippen molar-refractivity contribution >= 4 is 22.8 Å². The molecule has 3 rings (SSSR count). The van der Waals surface area contributed by atoms with E-state index < -0.39 is 11.2 Å². The van der Waals surface area contributed by atoms with Gasteiger partial charge in [-0.25, -0.2) is 9.78 Å². The molecule has 180 valence electrons. The quantitative estimate of drug-likeness (QED) is 0.690. The summed E-state index contributed by atoms with van der Waals surface area (Å²) in [5, 5.41) is 3.20. The average molecular weight is 458 g/mol. The molecule has 2 aromatic rings. The molecule has 33 heavy (non-hydrogen) atoms. The Morgan fingerprint density at radius 3 is 2.33 bits per heavy atom. The summed E-state index contributed by atoms with van der Waals surface area (Å²) in [5.74, 6) is -0.0135. The van der Waals surface area contributed by atoms with E-state index in [-0.39, 0.29) is 46.3 Å². The maximum Gasteiger partial charge on any atom is 0.329 e. The van der Waals surface area contributed by atoms with Gasteiger partial charge in [-0.2, -0.15) is 0 Å². The van der Waals surface area contributed by atoms with E-state index >= 15 is 0 Å². The number of hydrogen-bond donors (Lipinski definition) is 2. The molecular weight excluding hydrogens is 422 g/mol. The van der Waals surface area contributed by atoms with Crippen molar-refractivity contribution in [3.8, 4) is 0 Å². The fraction of sp³-hybridized carbons (Fsp3) is 0.625. The fourth-order valence-electron chi connectivity index (χ4n) is 4.08. The minimum Gasteiger partial charge on any atom is -0.353 e. The average Bonchev–Trinajstić information content (AvgIpc) is 2.77. The Bertz CT molecular complexity index is 1160. The molecule has 0 aliphatic carbocycles. The lowest BCUT2D eigenvalue weighted by Crippen LogP contribution is -2.46. The van der Waals surface area contributed by atoms with Crippen LogP contribution >= 0.6 is 0 Å². The first-order chi connectivity index (χ1) is 15.5. The van der Waals surface area contributed by atoms with Crippen molar-refractivity contribution in [2.75, 3.05) is 13.1 Å². The van der Waals surface area contributed by atoms with Crippen molar-refractivity contribution in [3.05, 3.63) is 38.2 Å². The van der Waals surface area contributed by atoms with Crippen LogP contribution in [-0.2, 0) is 11.3 Å². The monoisotopic (exact) mass is 457 g/mol. The van der Waals surface area contributed by atoms with Crippen LogP contribution in [0.15, 0.2) is 15.7 Å². The Hall–Kier alpha value is -2.97. The van der Waals surface area contributed by atoms with Gasteiger partial charge in [-0.3, -0.25) is 23.9 Å². The molecule has 2 N–H and O–H groups in total. The number of likely N-dealkylation sites (tertiary alicyclic amines) is 1. The smallest absolute Gasteiger partial charge is 0.329 e. The second-order valence-electron chi connectivity index (χ2n) is 9.56. The first-order valence-corrected chi connectivity index (χ1v) is 11.8. The van der Waals surface area contributed by atoms with Gasteiger partial charge in [0.1, 0.15) is 0 Å². The summed E-state index contributed by atoms with van der Waals surface area (Å²) >= 11 is 0. The van der Waals surface area contributed by atoms with Crippen LogP contribution in [0.1, 0.15) is 76.4 Å². The van der Waals surface area contributed by atoms with Crippen molar-refractivity contribution in [1.29, 1.82) is 0 Å². The number of fused-ring (bicyclic) bond motifs is 1. The molecule has 3 heterocycles. The molecule has 0 aromatic carbocycles. The van der Waals surface area contributed by atoms with Crippen molar-refractivity contribution in [2.24, 2.45) is 11.8 Å². The van der Waals surface area contributed by atoms with Gasteiger partial charge in [-0.05, 0) is 44.6 Å². The number of carbonyl (C=O) groups is 2. The number of aromatic nitrogens is 3. The molecule has 1 aliphatic heterocycles. The number of aryl methyl sites for hydroxylation is 1. The molecule has 1 saturated heterocycles. The van der Waals surface area contributed by atoms with Gasteiger partial charge < -0.3 is 10.2 Å². The molecule has 1 unspecified atom stereocenters. The number of hydrogen-bond acceptors (Lipinski definition) is 5. The third kappa shape index (κ3) is 5.02. The van der Waals surface area contributed by atoms with Gasteiger partial charge in [0.25, 0.3) is 11.5 Å². The largest absolute Gasteiger partial charge is 0.353 e. The molecule has 2 amide bonds. The number of piperidine rings is 1. The molecule has 0 bridgehead atoms. The predicted molar refractivity (Wildman–Crippen MR) is 127 cm³/mol. The summed E-state index contributed by atoms with van der Waals surface area (Å²) in [6, 6.07) is 1.76. The molecule has 1 atom stereocenters. The van der Waals surface area contributed by atoms with Crippen LogP contribution in [0.3, 0.4) is 0 Å². The van der Waals surface area contributed by atoms with Gasteiger partial charge in [0.2, 0.25) is 5.91 Å². The van der Waals surface area contributed by atoms with Gasteiger partial charge in [0, 0.05) is 37.3 Å². The number of pyridine rings is 1. The van der Waals surface area contributed by atoms with Crippen LogP contribution in [0.5, 0.6) is 0 Å². The van der Waals surface area contributed by atoms with Crippen LogP contribution in [0.4, 0.5) is 0 Å². The Morgan fingerprint density at radius 1 is 1.15 bits per heavy atom. The standard InChI is InChI=1S/C24H35N5O4/c1-7-29-20-19(22(31)27-24(29)33)17(12-18(26-20)14(4)5)23(32)28-10-8-16(9-11-28)21(30)25-15(6)13(2)3/h12-16H,7-11H2,1-6H3,(H,25,30)(H,27,31,33). The molecule has 0 radical (unpaired) electrons. The highest BCUT2D eigenvalue weighted by molar-refractivity contribution is 6.05. The summed E-state index contributed by atoms with van der Waals surface area (Å²) in [7, 11) is 0. The Balaban J connectivity index is 1.91. The lowest BCUT2D eigenvalue weighted by molar-refractivity contribution is -0.127. The highest BCUT2D eigenvalue weighted by atomic mass is 16.2. The summed E-state index contributed by atoms with van der Waals surface area (Å²) in [6.07, 6.45) is 1.14. The summed E-state index contributed by atoms with van der Waals surface area (Å²) in [6.45, 7) is 13.0. The molecule has 0 spiro atoms. The Labute approximate surface area is 193 Å². The van der Waals surface area contributed by atoms with Gasteiger partial charge in [-0.15, -0.1) is 0 Å². The van der Waals surface area contributed by atoms with Crippen LogP contribution in [0.25, 0.3) is 11.0 Å². The van der Waals surface area contributed by atoms with Crippen molar-refractivity contribution in [3.63, 3.8) is 0 Å². The van der Waals surface area contributed by atoms with Gasteiger partial charge >= 0.3 is 5.69 Å². The molecule has 0 saturated carbocycles. The molecule has 1 fully saturated rings. The van der Waals surface area contributed by atoms with Gasteiger partial charge in [0.05, 0.1) is 10.9 Å². The third-order valence-corrected chi connectivity index (χ3v) is 6.63. The Morgan fingerprint density at radius 2 is 1.79 bits per heavy atom. The SMILES string of the molecule is CCn1c(=O)[nH]c(=O)c2c(C(=O)N3CCC(C(=O)NC(C)C(C)C)CC3)cc(C(C)C)nc21. The first-order valence-electron chi connectivity index (χ1n) is 11.8. The minimum absolute atomic E-state index is 0.0121. The molecule has 1 aliphatic rings. The highest BCUT2D eigenvalue weighted by Crippen LogP contribution is 2.24. The molecular formula is C24H35N5O4. The van der Waals surface area contributed by atoms with Gasteiger partial charge in [-0.1, -0.05) is 27.7 Å². The van der Waals surface area contributed by atoms with Gasteiger partial charge in [0.15, 0.2) is 5.65 Å². The maximum atomic E-state index is 13.5. The topological polar surface area (TPSA) is 117 Å². The van der Waals surface area contributed by atoms with E-state index in [1.165, 1.54) is 4.57 Å². The second kappa shape index (κ2) is 9.89. The zero-order valence-corrected chi connectivity index (χ0v) is 20.4. The van der Waals surface area contributed by atoms with Crippen LogP contribution < -0.4 is 16.6 Å². The van der Waals surface area contributed by atoms with Crippen LogP contribution in [0, 0.1) is 11.8 Å². The normalized spacial score (nSPS) is 15.9. The van der Waals surface area contributed by atoms with E-state index in [0.29, 0.717) is 44.1 Å². The Kier molecular flexibility index (Phi) is 7.39. The lowest BCUT2D eigenvalue weighted by Gasteiger charge is -2.32. The number of aromatic amines is 1. The number of amides is 2. The number of nitrogens with zero attached hydrogens (tertiary/aromatic N) is 3. The fourth-order valence-corrected chi connectivity index (χ4v) is 4.08. The first kappa shape index (κ1) is 24.7. The van der Waals surface area contributed by atoms with E-state index in [0.717, 1.165) is 0 Å². The van der Waals surface area contributed by atoms with Crippen molar-refractivity contribution in [1.82, 2.24) is 24.8 Å². The van der Waals surface area contributed by atoms with Crippen LogP contribution in [-0.4, -0.2) is 50.4 Å². The minimum atomic E-state index is -0.609. The summed E-state index contributed by atoms with van der Waals surface area (Å²) in [5.41, 5.74) is -0.0109. The number of carbonyl (C=O) groups excluding carboxylic acids is 2. The summed E-state index contributed by atoms with van der Waals surface area (Å²) in [4.78, 5) is 59.7. The molecule has 2 aromatic heterocycles. The van der Waals surface area contributed by atoms with Crippen molar-refractivity contribution in [2.45, 2.75) is 72.9 Å². The van der Waals surface area contributed by atoms with Crippen LogP contribution in [0.2, 0.25) is 0 Å². The van der Waals surface area contributed by atoms with E-state index in [9.17, 15) is 19.2 Å². The maximum absolute atomic E-state index is 13.5. The second-order valence-corrected chi connectivity index (χ2v) is 9.56. The van der Waals surface area contributed by atoms with E-state index in [4.69, 9.17) is 0 Å². The van der Waals surface area contributed by atoms with E-state index in [2.05, 4.69) is 29.1 Å². The predicted octanol–water partition coefficient (Wildman–Crippen LogP) is 2.24. The number of nitrogens with one attached hydrogen (secondary N) is 2. The number of H-pyrrole nitrogens is 1. The zero-order chi connectivity index (χ0) is 24.4. The number of rotatable bonds is 6. The molecule has 9 heteroatoms. The van der Waals surface area contributed by atoms with Crippen molar-refractivity contribution < 1.29 is 9.59 Å². The lowest BCUT2D eigenvalue weighted by atomic mass is 9.94. The third-order valence-electron chi connectivity index (χ3n) is 6.63. The van der Waals surface area contributed by atoms with E-state index in [1.807, 2.05) is 20.8 Å². The zero-order valence-electron chi connectivity index (χ0n) is 20.4. The summed E-state index contributed by atoms with van der Waals surface area (Å²) < 4.78 is 1.38.